The summed E-state index contributed by atoms with van der Waals surface area (Å²) in [5, 5.41) is 11.4. The van der Waals surface area contributed by atoms with Gasteiger partial charge < -0.3 is 10.6 Å². The molecule has 0 saturated carbocycles. The number of nitrogens with zero attached hydrogens (tertiary/aromatic N) is 2. The van der Waals surface area contributed by atoms with E-state index in [1.54, 1.807) is 16.9 Å². The van der Waals surface area contributed by atoms with Crippen LogP contribution < -0.4 is 10.6 Å². The first kappa shape index (κ1) is 19.6. The number of anilines is 2. The van der Waals surface area contributed by atoms with Gasteiger partial charge in [-0.15, -0.1) is 0 Å². The molecule has 0 saturated heterocycles. The first-order valence-corrected chi connectivity index (χ1v) is 10.6. The SMILES string of the molecule is Cc1ccccc1NC(=O)c1cnn2c1NC1=C(C(=O)CCC1)[C@H]2c1cccc(Cl)c1. The fourth-order valence-electron chi connectivity index (χ4n) is 4.31. The van der Waals surface area contributed by atoms with Crippen molar-refractivity contribution in [3.05, 3.63) is 87.7 Å². The third-order valence-corrected chi connectivity index (χ3v) is 6.08. The van der Waals surface area contributed by atoms with Crippen molar-refractivity contribution in [2.45, 2.75) is 32.2 Å². The molecule has 0 spiro atoms. The van der Waals surface area contributed by atoms with Crippen LogP contribution in [0.15, 0.2) is 66.0 Å². The lowest BCUT2D eigenvalue weighted by molar-refractivity contribution is -0.116. The first-order chi connectivity index (χ1) is 15.0. The van der Waals surface area contributed by atoms with Gasteiger partial charge in [0.25, 0.3) is 5.91 Å². The van der Waals surface area contributed by atoms with Gasteiger partial charge in [-0.1, -0.05) is 41.9 Å². The van der Waals surface area contributed by atoms with E-state index in [2.05, 4.69) is 15.7 Å². The lowest BCUT2D eigenvalue weighted by Gasteiger charge is -2.33. The standard InChI is InChI=1S/C24H21ClN4O2/c1-14-6-2-3-9-18(14)28-24(31)17-13-26-29-22(15-7-4-8-16(25)12-15)21-19(27-23(17)29)10-5-11-20(21)30/h2-4,6-9,12-13,22,27H,5,10-11H2,1H3,(H,28,31)/t22-/m1/s1. The highest BCUT2D eigenvalue weighted by Gasteiger charge is 2.37. The molecule has 31 heavy (non-hydrogen) atoms. The van der Waals surface area contributed by atoms with Crippen LogP contribution in [0.5, 0.6) is 0 Å². The van der Waals surface area contributed by atoms with E-state index in [0.717, 1.165) is 35.4 Å². The number of aryl methyl sites for hydroxylation is 1. The van der Waals surface area contributed by atoms with Gasteiger partial charge in [0.2, 0.25) is 0 Å². The zero-order valence-electron chi connectivity index (χ0n) is 17.0. The molecule has 1 aromatic heterocycles. The van der Waals surface area contributed by atoms with Gasteiger partial charge in [0.15, 0.2) is 5.78 Å². The lowest BCUT2D eigenvalue weighted by atomic mass is 9.85. The van der Waals surface area contributed by atoms with E-state index in [1.807, 2.05) is 49.4 Å². The van der Waals surface area contributed by atoms with Crippen LogP contribution in [0.25, 0.3) is 0 Å². The Balaban J connectivity index is 1.59. The van der Waals surface area contributed by atoms with Gasteiger partial charge in [-0.25, -0.2) is 4.68 Å². The average Bonchev–Trinajstić information content (AvgIpc) is 3.18. The summed E-state index contributed by atoms with van der Waals surface area (Å²) in [6.07, 6.45) is 3.60. The summed E-state index contributed by atoms with van der Waals surface area (Å²) in [7, 11) is 0. The van der Waals surface area contributed by atoms with Gasteiger partial charge in [-0.2, -0.15) is 5.10 Å². The second-order valence-corrected chi connectivity index (χ2v) is 8.31. The Morgan fingerprint density at radius 3 is 2.84 bits per heavy atom. The smallest absolute Gasteiger partial charge is 0.261 e. The van der Waals surface area contributed by atoms with E-state index in [0.29, 0.717) is 28.4 Å². The molecule has 1 atom stereocenters. The fraction of sp³-hybridized carbons (Fsp3) is 0.208. The van der Waals surface area contributed by atoms with Gasteiger partial charge >= 0.3 is 0 Å². The van der Waals surface area contributed by atoms with E-state index in [-0.39, 0.29) is 11.7 Å². The number of fused-ring (bicyclic) bond motifs is 1. The monoisotopic (exact) mass is 432 g/mol. The Bertz CT molecular complexity index is 1240. The Hall–Kier alpha value is -3.38. The minimum atomic E-state index is -0.419. The third kappa shape index (κ3) is 3.43. The van der Waals surface area contributed by atoms with Crippen molar-refractivity contribution in [1.29, 1.82) is 0 Å². The maximum atomic E-state index is 13.1. The topological polar surface area (TPSA) is 76.0 Å². The minimum Gasteiger partial charge on any atom is -0.343 e. The normalized spacial score (nSPS) is 17.6. The number of rotatable bonds is 3. The van der Waals surface area contributed by atoms with Crippen LogP contribution in [0.3, 0.4) is 0 Å². The summed E-state index contributed by atoms with van der Waals surface area (Å²) in [4.78, 5) is 26.0. The summed E-state index contributed by atoms with van der Waals surface area (Å²) in [6, 6.07) is 14.7. The van der Waals surface area contributed by atoms with Crippen LogP contribution in [0, 0.1) is 6.92 Å². The molecule has 156 valence electrons. The molecule has 2 N–H and O–H groups in total. The fourth-order valence-corrected chi connectivity index (χ4v) is 4.51. The molecule has 2 heterocycles. The van der Waals surface area contributed by atoms with Gasteiger partial charge in [-0.3, -0.25) is 9.59 Å². The Labute approximate surface area is 184 Å². The van der Waals surface area contributed by atoms with Crippen molar-refractivity contribution in [1.82, 2.24) is 9.78 Å². The largest absolute Gasteiger partial charge is 0.343 e. The third-order valence-electron chi connectivity index (χ3n) is 5.84. The van der Waals surface area contributed by atoms with E-state index in [9.17, 15) is 9.59 Å². The minimum absolute atomic E-state index is 0.103. The summed E-state index contributed by atoms with van der Waals surface area (Å²) in [5.41, 5.74) is 4.59. The van der Waals surface area contributed by atoms with Crippen molar-refractivity contribution in [3.63, 3.8) is 0 Å². The predicted octanol–water partition coefficient (Wildman–Crippen LogP) is 5.12. The number of carbonyl (C=O) groups is 2. The Morgan fingerprint density at radius 1 is 1.19 bits per heavy atom. The van der Waals surface area contributed by atoms with E-state index in [4.69, 9.17) is 11.6 Å². The predicted molar refractivity (Wildman–Crippen MR) is 120 cm³/mol. The highest BCUT2D eigenvalue weighted by molar-refractivity contribution is 6.30. The molecule has 3 aromatic rings. The molecular weight excluding hydrogens is 412 g/mol. The molecule has 2 aliphatic rings. The number of hydrogen-bond donors (Lipinski definition) is 2. The Morgan fingerprint density at radius 2 is 2.03 bits per heavy atom. The molecule has 1 amide bonds. The van der Waals surface area contributed by atoms with Crippen LogP contribution in [0.1, 0.15) is 46.8 Å². The molecule has 1 aliphatic carbocycles. The summed E-state index contributed by atoms with van der Waals surface area (Å²) >= 11 is 6.25. The van der Waals surface area contributed by atoms with Crippen molar-refractivity contribution in [2.24, 2.45) is 0 Å². The zero-order valence-corrected chi connectivity index (χ0v) is 17.7. The molecule has 6 nitrogen and oxygen atoms in total. The number of halogens is 1. The molecular formula is C24H21ClN4O2. The summed E-state index contributed by atoms with van der Waals surface area (Å²) in [5.74, 6) is 0.439. The highest BCUT2D eigenvalue weighted by Crippen LogP contribution is 2.42. The van der Waals surface area contributed by atoms with Crippen molar-refractivity contribution < 1.29 is 9.59 Å². The Kier molecular flexibility index (Phi) is 4.87. The zero-order chi connectivity index (χ0) is 21.5. The maximum absolute atomic E-state index is 13.1. The second kappa shape index (κ2) is 7.71. The number of carbonyl (C=O) groups excluding carboxylic acids is 2. The number of Topliss-reactive ketones (excluding diaryl/α,β-unsaturated/α-hetero) is 1. The van der Waals surface area contributed by atoms with E-state index in [1.165, 1.54) is 0 Å². The first-order valence-electron chi connectivity index (χ1n) is 10.3. The van der Waals surface area contributed by atoms with Gasteiger partial charge in [0, 0.05) is 28.4 Å². The van der Waals surface area contributed by atoms with Gasteiger partial charge in [-0.05, 0) is 49.1 Å². The molecule has 0 fully saturated rings. The number of nitrogens with one attached hydrogen (secondary N) is 2. The van der Waals surface area contributed by atoms with Gasteiger partial charge in [0.05, 0.1) is 6.20 Å². The maximum Gasteiger partial charge on any atom is 0.261 e. The molecule has 0 unspecified atom stereocenters. The van der Waals surface area contributed by atoms with E-state index < -0.39 is 6.04 Å². The number of allylic oxidation sites excluding steroid dienone is 2. The quantitative estimate of drug-likeness (QED) is 0.602. The van der Waals surface area contributed by atoms with Crippen LogP contribution in [0.4, 0.5) is 11.5 Å². The summed E-state index contributed by atoms with van der Waals surface area (Å²) in [6.45, 7) is 1.95. The molecule has 5 rings (SSSR count). The average molecular weight is 433 g/mol. The second-order valence-electron chi connectivity index (χ2n) is 7.87. The molecule has 1 aliphatic heterocycles. The molecule has 0 radical (unpaired) electrons. The van der Waals surface area contributed by atoms with Crippen LogP contribution in [-0.2, 0) is 4.79 Å². The highest BCUT2D eigenvalue weighted by atomic mass is 35.5. The molecule has 0 bridgehead atoms. The number of para-hydroxylation sites is 1. The van der Waals surface area contributed by atoms with Crippen molar-refractivity contribution in [3.8, 4) is 0 Å². The number of amides is 1. The molecule has 7 heteroatoms. The molecule has 2 aromatic carbocycles. The number of hydrogen-bond acceptors (Lipinski definition) is 4. The number of ketones is 1. The number of aromatic nitrogens is 2. The van der Waals surface area contributed by atoms with Crippen LogP contribution in [-0.4, -0.2) is 21.5 Å². The van der Waals surface area contributed by atoms with Gasteiger partial charge in [0.1, 0.15) is 17.4 Å². The van der Waals surface area contributed by atoms with Crippen LogP contribution >= 0.6 is 11.6 Å². The van der Waals surface area contributed by atoms with Crippen LogP contribution in [0.2, 0.25) is 5.02 Å². The van der Waals surface area contributed by atoms with Crippen molar-refractivity contribution in [2.75, 3.05) is 10.6 Å². The lowest BCUT2D eigenvalue weighted by Crippen LogP contribution is -2.32. The number of benzene rings is 2. The van der Waals surface area contributed by atoms with Crippen molar-refractivity contribution >= 4 is 34.8 Å². The van der Waals surface area contributed by atoms with E-state index >= 15 is 0 Å². The summed E-state index contributed by atoms with van der Waals surface area (Å²) < 4.78 is 1.72.